The Bertz CT molecular complexity index is 509. The van der Waals surface area contributed by atoms with Gasteiger partial charge in [0, 0.05) is 0 Å². The zero-order valence-corrected chi connectivity index (χ0v) is 12.7. The fraction of sp³-hybridized carbons (Fsp3) is 0.625. The maximum Gasteiger partial charge on any atom is 0.224 e. The van der Waals surface area contributed by atoms with Gasteiger partial charge in [-0.15, -0.1) is 0 Å². The summed E-state index contributed by atoms with van der Waals surface area (Å²) in [5.41, 5.74) is 0.936. The summed E-state index contributed by atoms with van der Waals surface area (Å²) in [7, 11) is 0. The summed E-state index contributed by atoms with van der Waals surface area (Å²) in [5, 5.41) is 10.2. The molecule has 1 spiro atoms. The second-order valence-corrected chi connectivity index (χ2v) is 6.14. The van der Waals surface area contributed by atoms with Gasteiger partial charge in [0.2, 0.25) is 5.79 Å². The lowest BCUT2D eigenvalue weighted by Gasteiger charge is -2.42. The lowest BCUT2D eigenvalue weighted by Crippen LogP contribution is -2.61. The van der Waals surface area contributed by atoms with Gasteiger partial charge in [0.05, 0.1) is 13.2 Å². The van der Waals surface area contributed by atoms with Crippen LogP contribution in [0.4, 0.5) is 4.39 Å². The van der Waals surface area contributed by atoms with Gasteiger partial charge < -0.3 is 24.1 Å². The number of rotatable bonds is 3. The van der Waals surface area contributed by atoms with Crippen molar-refractivity contribution < 1.29 is 28.4 Å². The van der Waals surface area contributed by atoms with Crippen LogP contribution in [0.3, 0.4) is 0 Å². The van der Waals surface area contributed by atoms with Gasteiger partial charge in [-0.25, -0.2) is 4.39 Å². The summed E-state index contributed by atoms with van der Waals surface area (Å²) in [6, 6.07) is 9.46. The van der Waals surface area contributed by atoms with Crippen LogP contribution in [0, 0.1) is 0 Å². The van der Waals surface area contributed by atoms with Crippen molar-refractivity contribution in [3.8, 4) is 0 Å². The second-order valence-electron chi connectivity index (χ2n) is 6.14. The minimum absolute atomic E-state index is 0.00446. The van der Waals surface area contributed by atoms with E-state index in [-0.39, 0.29) is 19.8 Å². The average molecular weight is 312 g/mol. The Labute approximate surface area is 128 Å². The van der Waals surface area contributed by atoms with E-state index < -0.39 is 30.0 Å². The molecule has 2 fully saturated rings. The van der Waals surface area contributed by atoms with E-state index in [4.69, 9.17) is 18.9 Å². The summed E-state index contributed by atoms with van der Waals surface area (Å²) in [6.07, 6.45) is -3.90. The monoisotopic (exact) mass is 312 g/mol. The summed E-state index contributed by atoms with van der Waals surface area (Å²) in [5.74, 6) is -2.35. The molecule has 2 saturated heterocycles. The molecule has 0 saturated carbocycles. The van der Waals surface area contributed by atoms with E-state index in [0.29, 0.717) is 0 Å². The summed E-state index contributed by atoms with van der Waals surface area (Å²) in [4.78, 5) is 0. The Morgan fingerprint density at radius 1 is 1.27 bits per heavy atom. The van der Waals surface area contributed by atoms with Crippen molar-refractivity contribution in [2.75, 3.05) is 13.2 Å². The van der Waals surface area contributed by atoms with E-state index in [9.17, 15) is 9.50 Å². The SMILES string of the molecule is CC1(C)OC[C@]2(OC[C@@H](OCc3ccccc3)[C@H](F)[C@H]2O)O1. The Balaban J connectivity index is 1.61. The predicted molar refractivity (Wildman–Crippen MR) is 75.7 cm³/mol. The Kier molecular flexibility index (Phi) is 4.22. The van der Waals surface area contributed by atoms with E-state index in [1.54, 1.807) is 13.8 Å². The quantitative estimate of drug-likeness (QED) is 0.922. The van der Waals surface area contributed by atoms with Crippen LogP contribution < -0.4 is 0 Å². The molecule has 3 rings (SSSR count). The first kappa shape index (κ1) is 15.8. The molecule has 22 heavy (non-hydrogen) atoms. The Hall–Kier alpha value is -1.05. The van der Waals surface area contributed by atoms with Gasteiger partial charge in [-0.05, 0) is 19.4 Å². The van der Waals surface area contributed by atoms with E-state index in [1.165, 1.54) is 0 Å². The molecule has 6 heteroatoms. The maximum atomic E-state index is 14.5. The van der Waals surface area contributed by atoms with Gasteiger partial charge in [0.1, 0.15) is 18.8 Å². The van der Waals surface area contributed by atoms with Gasteiger partial charge in [-0.2, -0.15) is 0 Å². The van der Waals surface area contributed by atoms with Crippen LogP contribution in [0.2, 0.25) is 0 Å². The molecule has 2 aliphatic heterocycles. The largest absolute Gasteiger partial charge is 0.384 e. The summed E-state index contributed by atoms with van der Waals surface area (Å²) >= 11 is 0. The third-order valence-corrected chi connectivity index (χ3v) is 3.95. The Morgan fingerprint density at radius 3 is 2.64 bits per heavy atom. The highest BCUT2D eigenvalue weighted by molar-refractivity contribution is 5.13. The standard InChI is InChI=1S/C16H21FO5/c1-15(2)21-10-16(22-15)14(18)13(17)12(9-20-16)19-8-11-6-4-3-5-7-11/h3-7,12-14,18H,8-10H2,1-2H3/t12-,13+,14-,16+/m1/s1. The topological polar surface area (TPSA) is 57.2 Å². The number of alkyl halides is 1. The van der Waals surface area contributed by atoms with Crippen molar-refractivity contribution in [2.24, 2.45) is 0 Å². The minimum atomic E-state index is -1.60. The molecule has 2 heterocycles. The summed E-state index contributed by atoms with van der Waals surface area (Å²) < 4.78 is 36.6. The van der Waals surface area contributed by atoms with E-state index >= 15 is 0 Å². The molecule has 0 unspecified atom stereocenters. The summed E-state index contributed by atoms with van der Waals surface area (Å²) in [6.45, 7) is 3.65. The van der Waals surface area contributed by atoms with Crippen LogP contribution in [0.15, 0.2) is 30.3 Å². The van der Waals surface area contributed by atoms with Crippen molar-refractivity contribution in [1.29, 1.82) is 0 Å². The lowest BCUT2D eigenvalue weighted by atomic mass is 9.98. The molecule has 1 aromatic carbocycles. The third kappa shape index (κ3) is 3.02. The number of halogens is 1. The van der Waals surface area contributed by atoms with Crippen LogP contribution in [0.5, 0.6) is 0 Å². The maximum absolute atomic E-state index is 14.5. The predicted octanol–water partition coefficient (Wildman–Crippen LogP) is 1.78. The highest BCUT2D eigenvalue weighted by atomic mass is 19.1. The number of hydrogen-bond acceptors (Lipinski definition) is 5. The zero-order valence-electron chi connectivity index (χ0n) is 12.7. The van der Waals surface area contributed by atoms with Crippen molar-refractivity contribution in [3.05, 3.63) is 35.9 Å². The molecule has 0 bridgehead atoms. The molecule has 1 N–H and O–H groups in total. The van der Waals surface area contributed by atoms with E-state index in [0.717, 1.165) is 5.56 Å². The normalized spacial score (nSPS) is 37.5. The van der Waals surface area contributed by atoms with Crippen molar-refractivity contribution >= 4 is 0 Å². The van der Waals surface area contributed by atoms with Gasteiger partial charge in [-0.1, -0.05) is 30.3 Å². The minimum Gasteiger partial charge on any atom is -0.384 e. The number of ether oxygens (including phenoxy) is 4. The second kappa shape index (κ2) is 5.86. The van der Waals surface area contributed by atoms with Crippen LogP contribution in [-0.4, -0.2) is 48.3 Å². The smallest absolute Gasteiger partial charge is 0.224 e. The molecule has 0 aromatic heterocycles. The van der Waals surface area contributed by atoms with E-state index in [1.807, 2.05) is 30.3 Å². The molecule has 0 radical (unpaired) electrons. The molecular weight excluding hydrogens is 291 g/mol. The van der Waals surface area contributed by atoms with Gasteiger partial charge in [0.15, 0.2) is 12.0 Å². The van der Waals surface area contributed by atoms with Crippen molar-refractivity contribution in [3.63, 3.8) is 0 Å². The number of benzene rings is 1. The third-order valence-electron chi connectivity index (χ3n) is 3.95. The van der Waals surface area contributed by atoms with Crippen LogP contribution in [0.1, 0.15) is 19.4 Å². The lowest BCUT2D eigenvalue weighted by molar-refractivity contribution is -0.334. The first-order chi connectivity index (χ1) is 10.4. The van der Waals surface area contributed by atoms with Gasteiger partial charge in [0.25, 0.3) is 0 Å². The van der Waals surface area contributed by atoms with Crippen molar-refractivity contribution in [1.82, 2.24) is 0 Å². The van der Waals surface area contributed by atoms with Crippen LogP contribution in [-0.2, 0) is 25.6 Å². The highest BCUT2D eigenvalue weighted by Gasteiger charge is 2.58. The Morgan fingerprint density at radius 2 is 2.00 bits per heavy atom. The first-order valence-corrected chi connectivity index (χ1v) is 7.38. The number of hydrogen-bond donors (Lipinski definition) is 1. The molecule has 2 aliphatic rings. The molecular formula is C16H21FO5. The van der Waals surface area contributed by atoms with Crippen LogP contribution >= 0.6 is 0 Å². The first-order valence-electron chi connectivity index (χ1n) is 7.38. The molecule has 0 aliphatic carbocycles. The van der Waals surface area contributed by atoms with Gasteiger partial charge >= 0.3 is 0 Å². The average Bonchev–Trinajstić information content (AvgIpc) is 2.82. The molecule has 1 aromatic rings. The fourth-order valence-electron chi connectivity index (χ4n) is 2.73. The molecule has 5 nitrogen and oxygen atoms in total. The fourth-order valence-corrected chi connectivity index (χ4v) is 2.73. The number of aliphatic hydroxyl groups excluding tert-OH is 1. The molecule has 4 atom stereocenters. The van der Waals surface area contributed by atoms with Crippen molar-refractivity contribution in [2.45, 2.75) is 50.4 Å². The molecule has 122 valence electrons. The highest BCUT2D eigenvalue weighted by Crippen LogP contribution is 2.39. The van der Waals surface area contributed by atoms with Gasteiger partial charge in [-0.3, -0.25) is 0 Å². The molecule has 0 amide bonds. The zero-order chi connectivity index (χ0) is 15.8. The van der Waals surface area contributed by atoms with E-state index in [2.05, 4.69) is 0 Å². The van der Waals surface area contributed by atoms with Crippen LogP contribution in [0.25, 0.3) is 0 Å². The number of aliphatic hydroxyl groups is 1.